The lowest BCUT2D eigenvalue weighted by Crippen LogP contribution is -2.49. The molecule has 5 nitrogen and oxygen atoms in total. The van der Waals surface area contributed by atoms with Crippen LogP contribution in [-0.4, -0.2) is 45.7 Å². The molecule has 2 heterocycles. The first-order chi connectivity index (χ1) is 11.6. The molecule has 0 aliphatic carbocycles. The van der Waals surface area contributed by atoms with Gasteiger partial charge in [-0.3, -0.25) is 4.79 Å². The number of carbonyl (C=O) groups excluding carboxylic acids is 1. The number of halogens is 1. The van der Waals surface area contributed by atoms with Crippen LogP contribution in [0.25, 0.3) is 0 Å². The van der Waals surface area contributed by atoms with Crippen LogP contribution in [0.4, 0.5) is 0 Å². The smallest absolute Gasteiger partial charge is 0.224 e. The molecule has 0 bridgehead atoms. The highest BCUT2D eigenvalue weighted by molar-refractivity contribution is 7.99. The summed E-state index contributed by atoms with van der Waals surface area (Å²) in [5.74, 6) is 1.96. The van der Waals surface area contributed by atoms with Gasteiger partial charge >= 0.3 is 0 Å². The zero-order valence-corrected chi connectivity index (χ0v) is 16.3. The summed E-state index contributed by atoms with van der Waals surface area (Å²) < 4.78 is 2.00. The van der Waals surface area contributed by atoms with Crippen LogP contribution in [0.2, 0.25) is 0 Å². The van der Waals surface area contributed by atoms with Crippen molar-refractivity contribution in [1.29, 1.82) is 0 Å². The number of hydrogen-bond donors (Lipinski definition) is 1. The Morgan fingerprint density at radius 1 is 1.36 bits per heavy atom. The molecule has 0 radical (unpaired) electrons. The molecule has 136 valence electrons. The molecular formula is C18H25ClN4OS. The van der Waals surface area contributed by atoms with Crippen LogP contribution in [-0.2, 0) is 11.8 Å². The molecule has 1 atom stereocenters. The van der Waals surface area contributed by atoms with E-state index in [1.165, 1.54) is 10.5 Å². The maximum atomic E-state index is 12.7. The van der Waals surface area contributed by atoms with Crippen molar-refractivity contribution in [1.82, 2.24) is 19.8 Å². The Morgan fingerprint density at radius 2 is 2.12 bits per heavy atom. The van der Waals surface area contributed by atoms with Crippen molar-refractivity contribution >= 4 is 30.1 Å². The average molecular weight is 381 g/mol. The summed E-state index contributed by atoms with van der Waals surface area (Å²) in [6.45, 7) is 4.44. The fraction of sp³-hybridized carbons (Fsp3) is 0.444. The van der Waals surface area contributed by atoms with Gasteiger partial charge in [-0.25, -0.2) is 4.98 Å². The van der Waals surface area contributed by atoms with Gasteiger partial charge in [0.25, 0.3) is 0 Å². The van der Waals surface area contributed by atoms with E-state index < -0.39 is 0 Å². The Balaban J connectivity index is 0.00000225. The average Bonchev–Trinajstić information content (AvgIpc) is 3.02. The Hall–Kier alpha value is -1.50. The highest BCUT2D eigenvalue weighted by atomic mass is 35.5. The number of thioether (sulfide) groups is 1. The second kappa shape index (κ2) is 9.27. The highest BCUT2D eigenvalue weighted by Crippen LogP contribution is 2.23. The molecule has 1 saturated heterocycles. The number of nitrogens with zero attached hydrogens (tertiary/aromatic N) is 3. The summed E-state index contributed by atoms with van der Waals surface area (Å²) in [6.07, 6.45) is 4.28. The van der Waals surface area contributed by atoms with Crippen molar-refractivity contribution in [3.05, 3.63) is 48.0 Å². The second-order valence-electron chi connectivity index (χ2n) is 6.11. The van der Waals surface area contributed by atoms with Gasteiger partial charge in [-0.05, 0) is 19.1 Å². The van der Waals surface area contributed by atoms with Crippen molar-refractivity contribution in [3.63, 3.8) is 0 Å². The number of piperazine rings is 1. The molecule has 1 aliphatic rings. The van der Waals surface area contributed by atoms with E-state index >= 15 is 0 Å². The summed E-state index contributed by atoms with van der Waals surface area (Å²) in [4.78, 5) is 20.3. The van der Waals surface area contributed by atoms with E-state index in [0.29, 0.717) is 6.42 Å². The minimum absolute atomic E-state index is 0. The topological polar surface area (TPSA) is 50.2 Å². The number of hydrogen-bond acceptors (Lipinski definition) is 4. The zero-order valence-electron chi connectivity index (χ0n) is 14.6. The fourth-order valence-electron chi connectivity index (χ4n) is 2.97. The third-order valence-electron chi connectivity index (χ3n) is 4.33. The Morgan fingerprint density at radius 3 is 2.80 bits per heavy atom. The van der Waals surface area contributed by atoms with Crippen LogP contribution in [0.1, 0.15) is 23.9 Å². The lowest BCUT2D eigenvalue weighted by Gasteiger charge is -2.35. The predicted molar refractivity (Wildman–Crippen MR) is 104 cm³/mol. The molecule has 1 N–H and O–H groups in total. The van der Waals surface area contributed by atoms with Gasteiger partial charge in [0.15, 0.2) is 0 Å². The SMILES string of the molecule is Cc1ccc(SCCC(=O)N2CCNCC2c2nccn2C)cc1.Cl. The van der Waals surface area contributed by atoms with E-state index in [1.807, 2.05) is 22.7 Å². The predicted octanol–water partition coefficient (Wildman–Crippen LogP) is 2.81. The molecule has 7 heteroatoms. The molecule has 1 aromatic heterocycles. The van der Waals surface area contributed by atoms with Gasteiger partial charge in [0.1, 0.15) is 11.9 Å². The van der Waals surface area contributed by atoms with E-state index in [0.717, 1.165) is 31.2 Å². The van der Waals surface area contributed by atoms with Gasteiger partial charge in [0.05, 0.1) is 0 Å². The molecule has 1 unspecified atom stereocenters. The number of carbonyl (C=O) groups is 1. The lowest BCUT2D eigenvalue weighted by atomic mass is 10.1. The number of amides is 1. The number of imidazole rings is 1. The van der Waals surface area contributed by atoms with E-state index in [1.54, 1.807) is 18.0 Å². The van der Waals surface area contributed by atoms with Crippen LogP contribution in [0.15, 0.2) is 41.6 Å². The molecule has 2 aromatic rings. The van der Waals surface area contributed by atoms with E-state index in [4.69, 9.17) is 0 Å². The number of aromatic nitrogens is 2. The summed E-state index contributed by atoms with van der Waals surface area (Å²) in [5, 5.41) is 3.37. The summed E-state index contributed by atoms with van der Waals surface area (Å²) in [5.41, 5.74) is 1.26. The van der Waals surface area contributed by atoms with Crippen molar-refractivity contribution < 1.29 is 4.79 Å². The largest absolute Gasteiger partial charge is 0.336 e. The Kier molecular flexibility index (Phi) is 7.35. The van der Waals surface area contributed by atoms with Crippen LogP contribution in [0.5, 0.6) is 0 Å². The molecule has 25 heavy (non-hydrogen) atoms. The first-order valence-electron chi connectivity index (χ1n) is 8.32. The third-order valence-corrected chi connectivity index (χ3v) is 5.34. The van der Waals surface area contributed by atoms with Gasteiger partial charge in [-0.1, -0.05) is 17.7 Å². The van der Waals surface area contributed by atoms with Gasteiger partial charge in [0, 0.05) is 56.1 Å². The molecule has 3 rings (SSSR count). The Bertz CT molecular complexity index is 689. The van der Waals surface area contributed by atoms with Crippen LogP contribution in [0, 0.1) is 6.92 Å². The van der Waals surface area contributed by atoms with Crippen molar-refractivity contribution in [2.45, 2.75) is 24.3 Å². The highest BCUT2D eigenvalue weighted by Gasteiger charge is 2.29. The first-order valence-corrected chi connectivity index (χ1v) is 9.30. The van der Waals surface area contributed by atoms with Crippen molar-refractivity contribution in [2.24, 2.45) is 7.05 Å². The van der Waals surface area contributed by atoms with Crippen LogP contribution in [0.3, 0.4) is 0 Å². The molecule has 0 spiro atoms. The normalized spacial score (nSPS) is 17.2. The second-order valence-corrected chi connectivity index (χ2v) is 7.28. The number of aryl methyl sites for hydroxylation is 2. The maximum Gasteiger partial charge on any atom is 0.224 e. The van der Waals surface area contributed by atoms with E-state index in [9.17, 15) is 4.79 Å². The fourth-order valence-corrected chi connectivity index (χ4v) is 3.81. The maximum absolute atomic E-state index is 12.7. The van der Waals surface area contributed by atoms with Gasteiger partial charge < -0.3 is 14.8 Å². The number of rotatable bonds is 5. The first kappa shape index (κ1) is 19.8. The monoisotopic (exact) mass is 380 g/mol. The quantitative estimate of drug-likeness (QED) is 0.810. The Labute approximate surface area is 159 Å². The van der Waals surface area contributed by atoms with Gasteiger partial charge in [0.2, 0.25) is 5.91 Å². The molecule has 0 saturated carbocycles. The summed E-state index contributed by atoms with van der Waals surface area (Å²) in [6, 6.07) is 8.48. The number of benzene rings is 1. The van der Waals surface area contributed by atoms with Crippen molar-refractivity contribution in [2.75, 3.05) is 25.4 Å². The summed E-state index contributed by atoms with van der Waals surface area (Å²) >= 11 is 1.74. The molecule has 1 aliphatic heterocycles. The third kappa shape index (κ3) is 5.00. The van der Waals surface area contributed by atoms with Crippen molar-refractivity contribution in [3.8, 4) is 0 Å². The standard InChI is InChI=1S/C18H24N4OS.ClH/c1-14-3-5-15(6-4-14)24-12-7-17(23)22-11-8-19-13-16(22)18-20-9-10-21(18)2;/h3-6,9-10,16,19H,7-8,11-13H2,1-2H3;1H. The van der Waals surface area contributed by atoms with Crippen LogP contribution >= 0.6 is 24.2 Å². The summed E-state index contributed by atoms with van der Waals surface area (Å²) in [7, 11) is 1.98. The molecule has 1 aromatic carbocycles. The van der Waals surface area contributed by atoms with Crippen LogP contribution < -0.4 is 5.32 Å². The van der Waals surface area contributed by atoms with Gasteiger partial charge in [-0.2, -0.15) is 0 Å². The van der Waals surface area contributed by atoms with Gasteiger partial charge in [-0.15, -0.1) is 24.2 Å². The molecular weight excluding hydrogens is 356 g/mol. The minimum Gasteiger partial charge on any atom is -0.336 e. The lowest BCUT2D eigenvalue weighted by molar-refractivity contribution is -0.134. The zero-order chi connectivity index (χ0) is 16.9. The number of nitrogens with one attached hydrogen (secondary N) is 1. The molecule has 1 amide bonds. The molecule has 1 fully saturated rings. The minimum atomic E-state index is 0. The van der Waals surface area contributed by atoms with E-state index in [2.05, 4.69) is 41.5 Å². The van der Waals surface area contributed by atoms with E-state index in [-0.39, 0.29) is 24.4 Å².